The van der Waals surface area contributed by atoms with Crippen LogP contribution in [0.2, 0.25) is 0 Å². The predicted molar refractivity (Wildman–Crippen MR) is 137 cm³/mol. The Hall–Kier alpha value is -1.38. The Balaban J connectivity index is 1.62. The molecule has 1 aromatic carbocycles. The summed E-state index contributed by atoms with van der Waals surface area (Å²) < 4.78 is 0. The van der Waals surface area contributed by atoms with Gasteiger partial charge in [-0.1, -0.05) is 74.6 Å². The van der Waals surface area contributed by atoms with E-state index in [0.717, 1.165) is 32.1 Å². The molecule has 3 saturated carbocycles. The van der Waals surface area contributed by atoms with Gasteiger partial charge < -0.3 is 10.4 Å². The summed E-state index contributed by atoms with van der Waals surface area (Å²) in [6.45, 7) is 11.0. The molecule has 0 aliphatic heterocycles. The molecule has 0 aromatic heterocycles. The Morgan fingerprint density at radius 1 is 1.19 bits per heavy atom. The summed E-state index contributed by atoms with van der Waals surface area (Å²) >= 11 is 0. The summed E-state index contributed by atoms with van der Waals surface area (Å²) in [7, 11) is 0. The monoisotopic (exact) mass is 435 g/mol. The largest absolute Gasteiger partial charge is 0.393 e. The number of hydrogen-bond donors (Lipinski definition) is 2. The first-order chi connectivity index (χ1) is 15.4. The number of aliphatic hydroxyl groups is 1. The number of benzene rings is 1. The summed E-state index contributed by atoms with van der Waals surface area (Å²) in [6, 6.07) is 10.2. The van der Waals surface area contributed by atoms with E-state index in [1.54, 1.807) is 5.57 Å². The molecule has 3 fully saturated rings. The van der Waals surface area contributed by atoms with Crippen LogP contribution < -0.4 is 5.32 Å². The van der Waals surface area contributed by atoms with Crippen LogP contribution in [0.15, 0.2) is 42.0 Å². The second-order valence-corrected chi connectivity index (χ2v) is 11.5. The number of rotatable bonds is 6. The standard InChI is InChI=1S/C30H45NO/c1-21(2)13-14-23-9-8-10-24(19-23)20-25-15-16-27-22(3)28(32)17-18-30(27,4)29(25)31-26-11-6-5-7-12-26/h8-10,19-20,22,26-29,31-32H,1,5-7,11-18H2,2-4H3/b25-20+/t22?,27?,28?,29?,30-/m0/s1. The van der Waals surface area contributed by atoms with E-state index in [1.165, 1.54) is 55.2 Å². The lowest BCUT2D eigenvalue weighted by molar-refractivity contribution is -0.0609. The highest BCUT2D eigenvalue weighted by Gasteiger charge is 2.52. The second-order valence-electron chi connectivity index (χ2n) is 11.5. The van der Waals surface area contributed by atoms with Crippen molar-refractivity contribution in [2.75, 3.05) is 0 Å². The maximum atomic E-state index is 10.6. The van der Waals surface area contributed by atoms with Gasteiger partial charge in [0.25, 0.3) is 0 Å². The van der Waals surface area contributed by atoms with Crippen molar-refractivity contribution < 1.29 is 5.11 Å². The SMILES string of the molecule is C=C(C)CCc1cccc(/C=C2\CCC3C(C)C(O)CC[C@]3(C)C2NC2CCCCC2)c1. The van der Waals surface area contributed by atoms with Gasteiger partial charge in [0.2, 0.25) is 0 Å². The van der Waals surface area contributed by atoms with Crippen LogP contribution in [-0.2, 0) is 6.42 Å². The molecule has 3 aliphatic carbocycles. The van der Waals surface area contributed by atoms with E-state index in [-0.39, 0.29) is 11.5 Å². The van der Waals surface area contributed by atoms with Crippen LogP contribution in [0.4, 0.5) is 0 Å². The van der Waals surface area contributed by atoms with Crippen LogP contribution in [0.5, 0.6) is 0 Å². The number of allylic oxidation sites excluding steroid dienone is 1. The molecule has 0 heterocycles. The topological polar surface area (TPSA) is 32.3 Å². The summed E-state index contributed by atoms with van der Waals surface area (Å²) in [5.41, 5.74) is 5.84. The van der Waals surface area contributed by atoms with E-state index >= 15 is 0 Å². The van der Waals surface area contributed by atoms with E-state index < -0.39 is 0 Å². The fourth-order valence-corrected chi connectivity index (χ4v) is 6.99. The molecule has 3 aliphatic rings. The Bertz CT molecular complexity index is 820. The van der Waals surface area contributed by atoms with Crippen LogP contribution in [-0.4, -0.2) is 23.3 Å². The highest BCUT2D eigenvalue weighted by atomic mass is 16.3. The van der Waals surface area contributed by atoms with Gasteiger partial charge in [0, 0.05) is 12.1 Å². The van der Waals surface area contributed by atoms with E-state index in [2.05, 4.69) is 63.0 Å². The first kappa shape index (κ1) is 23.8. The molecule has 0 amide bonds. The van der Waals surface area contributed by atoms with Gasteiger partial charge in [-0.3, -0.25) is 0 Å². The molecule has 5 atom stereocenters. The van der Waals surface area contributed by atoms with Crippen LogP contribution in [0.3, 0.4) is 0 Å². The van der Waals surface area contributed by atoms with E-state index in [4.69, 9.17) is 0 Å². The van der Waals surface area contributed by atoms with Crippen molar-refractivity contribution in [3.05, 3.63) is 53.1 Å². The van der Waals surface area contributed by atoms with Crippen molar-refractivity contribution in [2.24, 2.45) is 17.3 Å². The van der Waals surface area contributed by atoms with Crippen LogP contribution in [0, 0.1) is 17.3 Å². The molecule has 0 saturated heterocycles. The third-order valence-electron chi connectivity index (χ3n) is 8.99. The van der Waals surface area contributed by atoms with E-state index in [9.17, 15) is 5.11 Å². The normalized spacial score (nSPS) is 34.9. The highest BCUT2D eigenvalue weighted by Crippen LogP contribution is 2.54. The quantitative estimate of drug-likeness (QED) is 0.468. The van der Waals surface area contributed by atoms with Gasteiger partial charge in [-0.2, -0.15) is 0 Å². The summed E-state index contributed by atoms with van der Waals surface area (Å²) in [5.74, 6) is 1.00. The first-order valence-electron chi connectivity index (χ1n) is 13.2. The molecule has 4 rings (SSSR count). The molecule has 0 bridgehead atoms. The van der Waals surface area contributed by atoms with Crippen molar-refractivity contribution in [1.82, 2.24) is 5.32 Å². The molecule has 32 heavy (non-hydrogen) atoms. The van der Waals surface area contributed by atoms with Gasteiger partial charge in [0.1, 0.15) is 0 Å². The van der Waals surface area contributed by atoms with Gasteiger partial charge in [0.05, 0.1) is 6.10 Å². The third-order valence-corrected chi connectivity index (χ3v) is 8.99. The molecular formula is C30H45NO. The molecule has 2 heteroatoms. The minimum Gasteiger partial charge on any atom is -0.393 e. The smallest absolute Gasteiger partial charge is 0.0568 e. The average Bonchev–Trinajstić information content (AvgIpc) is 2.78. The minimum atomic E-state index is -0.126. The van der Waals surface area contributed by atoms with Crippen molar-refractivity contribution in [2.45, 2.75) is 110 Å². The molecular weight excluding hydrogens is 390 g/mol. The molecule has 2 N–H and O–H groups in total. The predicted octanol–water partition coefficient (Wildman–Crippen LogP) is 7.08. The van der Waals surface area contributed by atoms with E-state index in [0.29, 0.717) is 23.9 Å². The third kappa shape index (κ3) is 5.23. The van der Waals surface area contributed by atoms with Gasteiger partial charge in [-0.15, -0.1) is 6.58 Å². The molecule has 0 radical (unpaired) electrons. The lowest BCUT2D eigenvalue weighted by atomic mass is 9.53. The van der Waals surface area contributed by atoms with Crippen LogP contribution in [0.25, 0.3) is 6.08 Å². The Morgan fingerprint density at radius 3 is 2.72 bits per heavy atom. The zero-order valence-corrected chi connectivity index (χ0v) is 20.7. The molecule has 176 valence electrons. The summed E-state index contributed by atoms with van der Waals surface area (Å²) in [6.07, 6.45) is 15.7. The molecule has 1 aromatic rings. The minimum absolute atomic E-state index is 0.126. The molecule has 4 unspecified atom stereocenters. The van der Waals surface area contributed by atoms with Crippen molar-refractivity contribution >= 4 is 6.08 Å². The van der Waals surface area contributed by atoms with Crippen LogP contribution in [0.1, 0.15) is 96.1 Å². The second kappa shape index (κ2) is 10.3. The first-order valence-corrected chi connectivity index (χ1v) is 13.2. The molecule has 2 nitrogen and oxygen atoms in total. The maximum Gasteiger partial charge on any atom is 0.0568 e. The Morgan fingerprint density at radius 2 is 1.97 bits per heavy atom. The van der Waals surface area contributed by atoms with Crippen molar-refractivity contribution in [3.8, 4) is 0 Å². The van der Waals surface area contributed by atoms with Gasteiger partial charge in [0.15, 0.2) is 0 Å². The van der Waals surface area contributed by atoms with Crippen LogP contribution >= 0.6 is 0 Å². The van der Waals surface area contributed by atoms with Crippen molar-refractivity contribution in [1.29, 1.82) is 0 Å². The van der Waals surface area contributed by atoms with Gasteiger partial charge >= 0.3 is 0 Å². The maximum absolute atomic E-state index is 10.6. The van der Waals surface area contributed by atoms with Crippen molar-refractivity contribution in [3.63, 3.8) is 0 Å². The number of fused-ring (bicyclic) bond motifs is 1. The summed E-state index contributed by atoms with van der Waals surface area (Å²) in [4.78, 5) is 0. The zero-order chi connectivity index (χ0) is 22.7. The average molecular weight is 436 g/mol. The van der Waals surface area contributed by atoms with Gasteiger partial charge in [-0.25, -0.2) is 0 Å². The number of aryl methyl sites for hydroxylation is 1. The lowest BCUT2D eigenvalue weighted by Gasteiger charge is -2.56. The fraction of sp³-hybridized carbons (Fsp3) is 0.667. The highest BCUT2D eigenvalue weighted by molar-refractivity contribution is 5.56. The lowest BCUT2D eigenvalue weighted by Crippen LogP contribution is -2.59. The fourth-order valence-electron chi connectivity index (χ4n) is 6.99. The Labute approximate surface area is 196 Å². The zero-order valence-electron chi connectivity index (χ0n) is 20.7. The number of aliphatic hydroxyl groups excluding tert-OH is 1. The van der Waals surface area contributed by atoms with Gasteiger partial charge in [-0.05, 0) is 86.7 Å². The Kier molecular flexibility index (Phi) is 7.62. The number of hydrogen-bond acceptors (Lipinski definition) is 2. The molecule has 0 spiro atoms. The van der Waals surface area contributed by atoms with E-state index in [1.807, 2.05) is 0 Å². The summed E-state index contributed by atoms with van der Waals surface area (Å²) in [5, 5.41) is 14.8. The number of nitrogens with one attached hydrogen (secondary N) is 1.